The summed E-state index contributed by atoms with van der Waals surface area (Å²) in [5.41, 5.74) is 1.17. The first kappa shape index (κ1) is 12.6. The second kappa shape index (κ2) is 6.15. The minimum atomic E-state index is -0.105. The van der Waals surface area contributed by atoms with Crippen molar-refractivity contribution in [1.82, 2.24) is 5.32 Å². The summed E-state index contributed by atoms with van der Waals surface area (Å²) >= 11 is 0. The van der Waals surface area contributed by atoms with E-state index in [-0.39, 0.29) is 5.82 Å². The SMILES string of the molecule is CCCNC1CCCC(c2cccc(F)c2)C1. The lowest BCUT2D eigenvalue weighted by atomic mass is 9.81. The molecule has 0 radical (unpaired) electrons. The molecule has 1 N–H and O–H groups in total. The molecule has 1 saturated carbocycles. The fraction of sp³-hybridized carbons (Fsp3) is 0.600. The fourth-order valence-corrected chi connectivity index (χ4v) is 2.79. The van der Waals surface area contributed by atoms with Crippen LogP contribution in [0.4, 0.5) is 4.39 Å². The highest BCUT2D eigenvalue weighted by atomic mass is 19.1. The third-order valence-corrected chi connectivity index (χ3v) is 3.68. The molecule has 0 heterocycles. The summed E-state index contributed by atoms with van der Waals surface area (Å²) in [7, 11) is 0. The molecule has 1 nitrogen and oxygen atoms in total. The van der Waals surface area contributed by atoms with Gasteiger partial charge in [0.15, 0.2) is 0 Å². The van der Waals surface area contributed by atoms with Crippen LogP contribution in [-0.2, 0) is 0 Å². The molecule has 1 aromatic rings. The third kappa shape index (κ3) is 3.53. The lowest BCUT2D eigenvalue weighted by molar-refractivity contribution is 0.339. The van der Waals surface area contributed by atoms with Crippen molar-refractivity contribution in [2.24, 2.45) is 0 Å². The van der Waals surface area contributed by atoms with Crippen LogP contribution < -0.4 is 5.32 Å². The maximum absolute atomic E-state index is 13.2. The van der Waals surface area contributed by atoms with E-state index in [1.54, 1.807) is 6.07 Å². The zero-order valence-corrected chi connectivity index (χ0v) is 10.6. The van der Waals surface area contributed by atoms with Gasteiger partial charge in [-0.3, -0.25) is 0 Å². The molecule has 17 heavy (non-hydrogen) atoms. The van der Waals surface area contributed by atoms with Crippen molar-refractivity contribution in [3.8, 4) is 0 Å². The number of halogens is 1. The Kier molecular flexibility index (Phi) is 4.55. The predicted octanol–water partition coefficient (Wildman–Crippen LogP) is 3.85. The average Bonchev–Trinajstić information content (AvgIpc) is 2.37. The lowest BCUT2D eigenvalue weighted by Gasteiger charge is -2.30. The van der Waals surface area contributed by atoms with Gasteiger partial charge in [0.2, 0.25) is 0 Å². The quantitative estimate of drug-likeness (QED) is 0.835. The van der Waals surface area contributed by atoms with Crippen LogP contribution in [0.1, 0.15) is 50.5 Å². The lowest BCUT2D eigenvalue weighted by Crippen LogP contribution is -2.34. The Balaban J connectivity index is 1.97. The molecular formula is C15H22FN. The van der Waals surface area contributed by atoms with Gasteiger partial charge in [-0.25, -0.2) is 4.39 Å². The maximum Gasteiger partial charge on any atom is 0.123 e. The first-order valence-corrected chi connectivity index (χ1v) is 6.78. The second-order valence-corrected chi connectivity index (χ2v) is 5.07. The van der Waals surface area contributed by atoms with E-state index >= 15 is 0 Å². The van der Waals surface area contributed by atoms with Crippen molar-refractivity contribution in [3.05, 3.63) is 35.6 Å². The zero-order valence-electron chi connectivity index (χ0n) is 10.6. The van der Waals surface area contributed by atoms with Crippen LogP contribution >= 0.6 is 0 Å². The molecule has 0 aliphatic heterocycles. The summed E-state index contributed by atoms with van der Waals surface area (Å²) in [5, 5.41) is 3.59. The Morgan fingerprint density at radius 1 is 1.35 bits per heavy atom. The number of benzene rings is 1. The van der Waals surface area contributed by atoms with E-state index in [1.165, 1.54) is 37.3 Å². The van der Waals surface area contributed by atoms with Crippen molar-refractivity contribution >= 4 is 0 Å². The molecule has 2 heteroatoms. The van der Waals surface area contributed by atoms with Crippen LogP contribution in [0.5, 0.6) is 0 Å². The van der Waals surface area contributed by atoms with Gasteiger partial charge in [-0.1, -0.05) is 25.5 Å². The largest absolute Gasteiger partial charge is 0.314 e. The molecule has 0 saturated heterocycles. The maximum atomic E-state index is 13.2. The van der Waals surface area contributed by atoms with Gasteiger partial charge in [-0.2, -0.15) is 0 Å². The van der Waals surface area contributed by atoms with Crippen molar-refractivity contribution in [1.29, 1.82) is 0 Å². The van der Waals surface area contributed by atoms with Gasteiger partial charge in [-0.15, -0.1) is 0 Å². The molecular weight excluding hydrogens is 213 g/mol. The first-order valence-electron chi connectivity index (χ1n) is 6.78. The van der Waals surface area contributed by atoms with Gasteiger partial charge in [-0.05, 0) is 55.8 Å². The van der Waals surface area contributed by atoms with Gasteiger partial charge in [0.25, 0.3) is 0 Å². The van der Waals surface area contributed by atoms with Gasteiger partial charge >= 0.3 is 0 Å². The van der Waals surface area contributed by atoms with Crippen LogP contribution in [0, 0.1) is 5.82 Å². The summed E-state index contributed by atoms with van der Waals surface area (Å²) in [4.78, 5) is 0. The van der Waals surface area contributed by atoms with Gasteiger partial charge in [0.05, 0.1) is 0 Å². The molecule has 1 aliphatic rings. The van der Waals surface area contributed by atoms with Gasteiger partial charge < -0.3 is 5.32 Å². The Hall–Kier alpha value is -0.890. The standard InChI is InChI=1S/C15H22FN/c1-2-9-17-15-8-4-6-13(11-15)12-5-3-7-14(16)10-12/h3,5,7,10,13,15,17H,2,4,6,8-9,11H2,1H3. The summed E-state index contributed by atoms with van der Waals surface area (Å²) in [6.45, 7) is 3.29. The fourth-order valence-electron chi connectivity index (χ4n) is 2.79. The van der Waals surface area contributed by atoms with E-state index in [1.807, 2.05) is 6.07 Å². The number of hydrogen-bond acceptors (Lipinski definition) is 1. The van der Waals surface area contributed by atoms with Gasteiger partial charge in [0.1, 0.15) is 5.82 Å². The number of nitrogens with one attached hydrogen (secondary N) is 1. The summed E-state index contributed by atoms with van der Waals surface area (Å²) in [6, 6.07) is 7.74. The third-order valence-electron chi connectivity index (χ3n) is 3.68. The molecule has 2 unspecified atom stereocenters. The summed E-state index contributed by atoms with van der Waals surface area (Å²) < 4.78 is 13.2. The molecule has 1 aliphatic carbocycles. The Morgan fingerprint density at radius 2 is 2.24 bits per heavy atom. The predicted molar refractivity (Wildman–Crippen MR) is 69.7 cm³/mol. The number of hydrogen-bond donors (Lipinski definition) is 1. The Morgan fingerprint density at radius 3 is 3.00 bits per heavy atom. The van der Waals surface area contributed by atoms with E-state index in [0.717, 1.165) is 13.0 Å². The van der Waals surface area contributed by atoms with Crippen LogP contribution in [-0.4, -0.2) is 12.6 Å². The van der Waals surface area contributed by atoms with E-state index in [9.17, 15) is 4.39 Å². The molecule has 94 valence electrons. The van der Waals surface area contributed by atoms with E-state index in [4.69, 9.17) is 0 Å². The molecule has 1 fully saturated rings. The average molecular weight is 235 g/mol. The highest BCUT2D eigenvalue weighted by Crippen LogP contribution is 2.33. The first-order chi connectivity index (χ1) is 8.29. The van der Waals surface area contributed by atoms with E-state index < -0.39 is 0 Å². The highest BCUT2D eigenvalue weighted by Gasteiger charge is 2.22. The molecule has 1 aromatic carbocycles. The van der Waals surface area contributed by atoms with E-state index in [0.29, 0.717) is 12.0 Å². The number of rotatable bonds is 4. The Labute approximate surface area is 103 Å². The molecule has 2 rings (SSSR count). The van der Waals surface area contributed by atoms with Gasteiger partial charge in [0, 0.05) is 6.04 Å². The van der Waals surface area contributed by atoms with Crippen LogP contribution in [0.2, 0.25) is 0 Å². The molecule has 0 bridgehead atoms. The minimum absolute atomic E-state index is 0.105. The normalized spacial score (nSPS) is 24.8. The molecule has 0 amide bonds. The smallest absolute Gasteiger partial charge is 0.123 e. The highest BCUT2D eigenvalue weighted by molar-refractivity contribution is 5.21. The topological polar surface area (TPSA) is 12.0 Å². The molecule has 2 atom stereocenters. The minimum Gasteiger partial charge on any atom is -0.314 e. The van der Waals surface area contributed by atoms with Crippen LogP contribution in [0.3, 0.4) is 0 Å². The van der Waals surface area contributed by atoms with Crippen molar-refractivity contribution in [2.75, 3.05) is 6.54 Å². The molecule has 0 spiro atoms. The monoisotopic (exact) mass is 235 g/mol. The van der Waals surface area contributed by atoms with Crippen LogP contribution in [0.15, 0.2) is 24.3 Å². The van der Waals surface area contributed by atoms with Crippen LogP contribution in [0.25, 0.3) is 0 Å². The van der Waals surface area contributed by atoms with Crippen molar-refractivity contribution < 1.29 is 4.39 Å². The summed E-state index contributed by atoms with van der Waals surface area (Å²) in [5.74, 6) is 0.431. The second-order valence-electron chi connectivity index (χ2n) is 5.07. The Bertz CT molecular complexity index is 351. The van der Waals surface area contributed by atoms with E-state index in [2.05, 4.69) is 18.3 Å². The van der Waals surface area contributed by atoms with Crippen molar-refractivity contribution in [2.45, 2.75) is 51.0 Å². The molecule has 0 aromatic heterocycles. The zero-order chi connectivity index (χ0) is 12.1. The van der Waals surface area contributed by atoms with Crippen molar-refractivity contribution in [3.63, 3.8) is 0 Å². The summed E-state index contributed by atoms with van der Waals surface area (Å²) in [6.07, 6.45) is 6.06.